The van der Waals surface area contributed by atoms with Crippen LogP contribution in [0.3, 0.4) is 0 Å². The van der Waals surface area contributed by atoms with Crippen molar-refractivity contribution in [3.63, 3.8) is 0 Å². The van der Waals surface area contributed by atoms with Gasteiger partial charge in [-0.3, -0.25) is 0 Å². The number of nitrogens with one attached hydrogen (secondary N) is 3. The number of ether oxygens (including phenoxy) is 1. The van der Waals surface area contributed by atoms with Gasteiger partial charge in [-0.15, -0.1) is 0 Å². The summed E-state index contributed by atoms with van der Waals surface area (Å²) in [6, 6.07) is 9.66. The van der Waals surface area contributed by atoms with Gasteiger partial charge in [-0.25, -0.2) is 4.79 Å². The van der Waals surface area contributed by atoms with Crippen LogP contribution < -0.4 is 16.0 Å². The molecule has 1 aromatic rings. The van der Waals surface area contributed by atoms with E-state index < -0.39 is 0 Å². The molecule has 1 rings (SSSR count). The standard InChI is InChI=1S/C17H27N3O2S/c1-2-18-16(23)19-12-8-3-4-9-13-20-17(21)22-14-15-10-6-5-7-11-15/h5-7,10-11H,2-4,8-9,12-14H2,1H3,(H,20,21)(H2,18,19,23). The average Bonchev–Trinajstić information content (AvgIpc) is 2.56. The van der Waals surface area contributed by atoms with Crippen LogP contribution in [0.5, 0.6) is 0 Å². The third-order valence-electron chi connectivity index (χ3n) is 3.21. The van der Waals surface area contributed by atoms with E-state index in [0.717, 1.165) is 49.4 Å². The molecule has 5 nitrogen and oxygen atoms in total. The molecule has 0 spiro atoms. The minimum atomic E-state index is -0.355. The molecular weight excluding hydrogens is 310 g/mol. The Labute approximate surface area is 144 Å². The Morgan fingerprint density at radius 3 is 2.30 bits per heavy atom. The molecule has 0 saturated carbocycles. The predicted molar refractivity (Wildman–Crippen MR) is 97.4 cm³/mol. The Hall–Kier alpha value is -1.82. The summed E-state index contributed by atoms with van der Waals surface area (Å²) >= 11 is 5.08. The van der Waals surface area contributed by atoms with Crippen molar-refractivity contribution in [2.24, 2.45) is 0 Å². The zero-order valence-corrected chi connectivity index (χ0v) is 14.6. The van der Waals surface area contributed by atoms with E-state index >= 15 is 0 Å². The molecule has 0 bridgehead atoms. The van der Waals surface area contributed by atoms with Crippen molar-refractivity contribution in [1.82, 2.24) is 16.0 Å². The smallest absolute Gasteiger partial charge is 0.407 e. The highest BCUT2D eigenvalue weighted by molar-refractivity contribution is 7.80. The highest BCUT2D eigenvalue weighted by Gasteiger charge is 2.01. The Balaban J connectivity index is 1.90. The summed E-state index contributed by atoms with van der Waals surface area (Å²) in [5.74, 6) is 0. The number of alkyl carbamates (subject to hydrolysis) is 1. The van der Waals surface area contributed by atoms with Gasteiger partial charge in [0.15, 0.2) is 5.11 Å². The van der Waals surface area contributed by atoms with Gasteiger partial charge >= 0.3 is 6.09 Å². The third kappa shape index (κ3) is 10.5. The van der Waals surface area contributed by atoms with Crippen molar-refractivity contribution in [2.45, 2.75) is 39.2 Å². The van der Waals surface area contributed by atoms with Crippen LogP contribution in [0.15, 0.2) is 30.3 Å². The monoisotopic (exact) mass is 337 g/mol. The number of amides is 1. The van der Waals surface area contributed by atoms with Crippen molar-refractivity contribution >= 4 is 23.4 Å². The van der Waals surface area contributed by atoms with Crippen molar-refractivity contribution in [3.05, 3.63) is 35.9 Å². The zero-order valence-electron chi connectivity index (χ0n) is 13.8. The zero-order chi connectivity index (χ0) is 16.8. The van der Waals surface area contributed by atoms with Crippen molar-refractivity contribution in [2.75, 3.05) is 19.6 Å². The Kier molecular flexibility index (Phi) is 10.6. The van der Waals surface area contributed by atoms with Crippen molar-refractivity contribution in [3.8, 4) is 0 Å². The molecule has 0 aromatic heterocycles. The summed E-state index contributed by atoms with van der Waals surface area (Å²) in [6.07, 6.45) is 3.87. The number of carbonyl (C=O) groups is 1. The topological polar surface area (TPSA) is 62.4 Å². The van der Waals surface area contributed by atoms with Crippen LogP contribution in [0, 0.1) is 0 Å². The van der Waals surface area contributed by atoms with E-state index in [1.165, 1.54) is 0 Å². The van der Waals surface area contributed by atoms with Crippen LogP contribution in [0.4, 0.5) is 4.79 Å². The molecule has 0 fully saturated rings. The van der Waals surface area contributed by atoms with E-state index in [1.54, 1.807) is 0 Å². The second-order valence-corrected chi connectivity index (χ2v) is 5.60. The number of unbranched alkanes of at least 4 members (excludes halogenated alkanes) is 3. The van der Waals surface area contributed by atoms with Crippen LogP contribution in [-0.2, 0) is 11.3 Å². The molecule has 1 amide bonds. The molecule has 0 heterocycles. The molecule has 6 heteroatoms. The second kappa shape index (κ2) is 12.7. The first-order valence-corrected chi connectivity index (χ1v) is 8.59. The summed E-state index contributed by atoms with van der Waals surface area (Å²) in [5.41, 5.74) is 0.991. The first-order valence-electron chi connectivity index (χ1n) is 8.18. The molecule has 1 aromatic carbocycles. The lowest BCUT2D eigenvalue weighted by molar-refractivity contribution is 0.139. The Bertz CT molecular complexity index is 454. The van der Waals surface area contributed by atoms with Gasteiger partial charge in [-0.1, -0.05) is 43.2 Å². The molecule has 0 saturated heterocycles. The SMILES string of the molecule is CCNC(=S)NCCCCCCNC(=O)OCc1ccccc1. The van der Waals surface area contributed by atoms with Gasteiger partial charge in [0.05, 0.1) is 0 Å². The molecule has 0 radical (unpaired) electrons. The fraction of sp³-hybridized carbons (Fsp3) is 0.529. The largest absolute Gasteiger partial charge is 0.445 e. The molecule has 0 aliphatic heterocycles. The number of hydrogen-bond donors (Lipinski definition) is 3. The van der Waals surface area contributed by atoms with Gasteiger partial charge in [0, 0.05) is 19.6 Å². The number of thiocarbonyl (C=S) groups is 1. The van der Waals surface area contributed by atoms with Crippen LogP contribution in [0.1, 0.15) is 38.2 Å². The quantitative estimate of drug-likeness (QED) is 0.453. The molecule has 128 valence electrons. The lowest BCUT2D eigenvalue weighted by Crippen LogP contribution is -2.35. The van der Waals surface area contributed by atoms with Crippen LogP contribution >= 0.6 is 12.2 Å². The highest BCUT2D eigenvalue weighted by atomic mass is 32.1. The summed E-state index contributed by atoms with van der Waals surface area (Å²) < 4.78 is 5.14. The van der Waals surface area contributed by atoms with E-state index in [0.29, 0.717) is 13.2 Å². The molecule has 0 aliphatic carbocycles. The summed E-state index contributed by atoms with van der Waals surface area (Å²) in [4.78, 5) is 11.5. The lowest BCUT2D eigenvalue weighted by atomic mass is 10.2. The first-order chi connectivity index (χ1) is 11.2. The number of benzene rings is 1. The molecule has 0 atom stereocenters. The fourth-order valence-corrected chi connectivity index (χ4v) is 2.24. The molecule has 0 aliphatic rings. The first kappa shape index (κ1) is 19.2. The normalized spacial score (nSPS) is 9.96. The Morgan fingerprint density at radius 1 is 1.00 bits per heavy atom. The lowest BCUT2D eigenvalue weighted by Gasteiger charge is -2.09. The highest BCUT2D eigenvalue weighted by Crippen LogP contribution is 2.01. The summed E-state index contributed by atoms with van der Waals surface area (Å²) in [5, 5.41) is 9.70. The predicted octanol–water partition coefficient (Wildman–Crippen LogP) is 2.96. The number of hydrogen-bond acceptors (Lipinski definition) is 3. The maximum Gasteiger partial charge on any atom is 0.407 e. The van der Waals surface area contributed by atoms with Gasteiger partial charge in [0.1, 0.15) is 6.61 Å². The van der Waals surface area contributed by atoms with Gasteiger partial charge < -0.3 is 20.7 Å². The van der Waals surface area contributed by atoms with E-state index in [2.05, 4.69) is 16.0 Å². The maximum atomic E-state index is 11.5. The third-order valence-corrected chi connectivity index (χ3v) is 3.50. The number of carbonyl (C=O) groups excluding carboxylic acids is 1. The average molecular weight is 337 g/mol. The van der Waals surface area contributed by atoms with Crippen LogP contribution in [0.2, 0.25) is 0 Å². The van der Waals surface area contributed by atoms with E-state index in [-0.39, 0.29) is 6.09 Å². The molecule has 3 N–H and O–H groups in total. The van der Waals surface area contributed by atoms with Gasteiger partial charge in [0.25, 0.3) is 0 Å². The van der Waals surface area contributed by atoms with Crippen molar-refractivity contribution < 1.29 is 9.53 Å². The summed E-state index contributed by atoms with van der Waals surface area (Å²) in [7, 11) is 0. The molecule has 0 unspecified atom stereocenters. The van der Waals surface area contributed by atoms with E-state index in [1.807, 2.05) is 37.3 Å². The van der Waals surface area contributed by atoms with Crippen LogP contribution in [-0.4, -0.2) is 30.8 Å². The van der Waals surface area contributed by atoms with Gasteiger partial charge in [0.2, 0.25) is 0 Å². The van der Waals surface area contributed by atoms with Crippen molar-refractivity contribution in [1.29, 1.82) is 0 Å². The Morgan fingerprint density at radius 2 is 1.65 bits per heavy atom. The summed E-state index contributed by atoms with van der Waals surface area (Å²) in [6.45, 7) is 4.71. The van der Waals surface area contributed by atoms with Crippen LogP contribution in [0.25, 0.3) is 0 Å². The second-order valence-electron chi connectivity index (χ2n) is 5.19. The minimum absolute atomic E-state index is 0.310. The minimum Gasteiger partial charge on any atom is -0.445 e. The van der Waals surface area contributed by atoms with Gasteiger partial charge in [-0.05, 0) is 37.5 Å². The molecular formula is C17H27N3O2S. The van der Waals surface area contributed by atoms with E-state index in [4.69, 9.17) is 17.0 Å². The maximum absolute atomic E-state index is 11.5. The number of rotatable bonds is 10. The van der Waals surface area contributed by atoms with Gasteiger partial charge in [-0.2, -0.15) is 0 Å². The fourth-order valence-electron chi connectivity index (χ4n) is 1.99. The van der Waals surface area contributed by atoms with E-state index in [9.17, 15) is 4.79 Å². The molecule has 23 heavy (non-hydrogen) atoms.